The van der Waals surface area contributed by atoms with Gasteiger partial charge in [-0.05, 0) is 55.3 Å². The molecule has 0 radical (unpaired) electrons. The molecule has 1 aliphatic heterocycles. The molecule has 4 aromatic rings. The van der Waals surface area contributed by atoms with Gasteiger partial charge < -0.3 is 5.11 Å². The topological polar surface area (TPSA) is 92.0 Å². The lowest BCUT2D eigenvalue weighted by atomic mass is 10.1. The van der Waals surface area contributed by atoms with E-state index in [1.807, 2.05) is 0 Å². The molecule has 1 N–H and O–H groups in total. The van der Waals surface area contributed by atoms with Gasteiger partial charge in [-0.1, -0.05) is 35.9 Å². The fraction of sp³-hybridized carbons (Fsp3) is 0.185. The Kier molecular flexibility index (Phi) is 7.00. The van der Waals surface area contributed by atoms with Crippen molar-refractivity contribution in [2.45, 2.75) is 23.9 Å². The molecule has 39 heavy (non-hydrogen) atoms. The Morgan fingerprint density at radius 2 is 1.64 bits per heavy atom. The van der Waals surface area contributed by atoms with Crippen LogP contribution in [0.15, 0.2) is 81.4 Å². The van der Waals surface area contributed by atoms with Crippen molar-refractivity contribution in [2.75, 3.05) is 13.1 Å². The second-order valence-corrected chi connectivity index (χ2v) is 11.3. The number of sulfonamides is 1. The molecule has 0 unspecified atom stereocenters. The van der Waals surface area contributed by atoms with Crippen LogP contribution >= 0.6 is 11.6 Å². The lowest BCUT2D eigenvalue weighted by molar-refractivity contribution is -0.137. The molecule has 202 valence electrons. The molecule has 0 saturated carbocycles. The molecule has 12 heteroatoms. The van der Waals surface area contributed by atoms with Crippen LogP contribution in [0.25, 0.3) is 16.5 Å². The number of aromatic hydroxyl groups is 1. The summed E-state index contributed by atoms with van der Waals surface area (Å²) in [7, 11) is -3.75. The van der Waals surface area contributed by atoms with Gasteiger partial charge in [0.15, 0.2) is 0 Å². The van der Waals surface area contributed by atoms with Gasteiger partial charge in [0, 0.05) is 30.1 Å². The molecule has 0 atom stereocenters. The van der Waals surface area contributed by atoms with E-state index in [0.29, 0.717) is 18.5 Å². The minimum Gasteiger partial charge on any atom is -0.494 e. The Morgan fingerprint density at radius 1 is 0.949 bits per heavy atom. The quantitative estimate of drug-likeness (QED) is 0.300. The molecule has 1 aliphatic rings. The van der Waals surface area contributed by atoms with Gasteiger partial charge >= 0.3 is 6.18 Å². The van der Waals surface area contributed by atoms with Crippen LogP contribution in [0.2, 0.25) is 5.02 Å². The van der Waals surface area contributed by atoms with Crippen molar-refractivity contribution >= 4 is 44.3 Å². The summed E-state index contributed by atoms with van der Waals surface area (Å²) in [5.74, 6) is -0.640. The number of halogens is 4. The number of rotatable bonds is 5. The summed E-state index contributed by atoms with van der Waals surface area (Å²) < 4.78 is 68.2. The molecule has 0 aliphatic carbocycles. The monoisotopic (exact) mass is 575 g/mol. The van der Waals surface area contributed by atoms with Crippen molar-refractivity contribution in [3.05, 3.63) is 93.2 Å². The normalized spacial score (nSPS) is 15.0. The summed E-state index contributed by atoms with van der Waals surface area (Å²) in [6.07, 6.45) is -1.92. The Hall–Kier alpha value is -3.67. The van der Waals surface area contributed by atoms with Gasteiger partial charge in [-0.15, -0.1) is 0 Å². The van der Waals surface area contributed by atoms with Crippen molar-refractivity contribution in [1.29, 1.82) is 0 Å². The Bertz CT molecular complexity index is 1780. The molecule has 2 heterocycles. The van der Waals surface area contributed by atoms with Crippen LogP contribution in [0.1, 0.15) is 24.0 Å². The van der Waals surface area contributed by atoms with Crippen molar-refractivity contribution in [3.8, 4) is 11.6 Å². The van der Waals surface area contributed by atoms with E-state index in [9.17, 15) is 31.5 Å². The minimum absolute atomic E-state index is 0.00367. The number of hydrogen-bond acceptors (Lipinski definition) is 5. The summed E-state index contributed by atoms with van der Waals surface area (Å²) in [6.45, 7) is 0.834. The maximum atomic E-state index is 13.3. The molecule has 1 fully saturated rings. The highest BCUT2D eigenvalue weighted by atomic mass is 35.5. The van der Waals surface area contributed by atoms with E-state index in [1.165, 1.54) is 40.9 Å². The van der Waals surface area contributed by atoms with Crippen LogP contribution in [-0.4, -0.2) is 41.7 Å². The molecule has 7 nitrogen and oxygen atoms in total. The van der Waals surface area contributed by atoms with Gasteiger partial charge in [0.2, 0.25) is 15.9 Å². The van der Waals surface area contributed by atoms with Gasteiger partial charge in [0.1, 0.15) is 0 Å². The smallest absolute Gasteiger partial charge is 0.416 e. The number of hydrogen-bond donors (Lipinski definition) is 1. The van der Waals surface area contributed by atoms with Crippen LogP contribution in [0, 0.1) is 0 Å². The van der Waals surface area contributed by atoms with E-state index in [1.54, 1.807) is 18.2 Å². The van der Waals surface area contributed by atoms with E-state index in [4.69, 9.17) is 11.6 Å². The SMILES string of the molecule is O=c1c2ccccc2c(C=Nc2cc(S(=O)(=O)N3CCCC3)ccc2Cl)c(O)n1-c1cccc(C(F)(F)F)c1. The van der Waals surface area contributed by atoms with Crippen LogP contribution < -0.4 is 5.56 Å². The van der Waals surface area contributed by atoms with Gasteiger partial charge in [0.25, 0.3) is 5.56 Å². The molecular formula is C27H21ClF3N3O4S. The predicted molar refractivity (Wildman–Crippen MR) is 143 cm³/mol. The summed E-state index contributed by atoms with van der Waals surface area (Å²) in [5.41, 5.74) is -1.78. The van der Waals surface area contributed by atoms with Crippen LogP contribution in [-0.2, 0) is 16.2 Å². The Balaban J connectivity index is 1.66. The molecule has 0 spiro atoms. The first-order valence-electron chi connectivity index (χ1n) is 11.9. The third kappa shape index (κ3) is 5.05. The summed E-state index contributed by atoms with van der Waals surface area (Å²) in [5, 5.41) is 11.7. The number of nitrogens with zero attached hydrogens (tertiary/aromatic N) is 3. The average molecular weight is 576 g/mol. The fourth-order valence-corrected chi connectivity index (χ4v) is 6.22. The zero-order valence-electron chi connectivity index (χ0n) is 20.2. The van der Waals surface area contributed by atoms with Crippen LogP contribution in [0.3, 0.4) is 0 Å². The van der Waals surface area contributed by atoms with E-state index in [2.05, 4.69) is 4.99 Å². The first-order chi connectivity index (χ1) is 18.5. The third-order valence-electron chi connectivity index (χ3n) is 6.49. The van der Waals surface area contributed by atoms with Crippen molar-refractivity contribution in [2.24, 2.45) is 4.99 Å². The molecular weight excluding hydrogens is 555 g/mol. The molecule has 3 aromatic carbocycles. The van der Waals surface area contributed by atoms with E-state index in [0.717, 1.165) is 35.6 Å². The number of pyridine rings is 1. The average Bonchev–Trinajstić information content (AvgIpc) is 3.45. The summed E-state index contributed by atoms with van der Waals surface area (Å²) in [4.78, 5) is 17.6. The lowest BCUT2D eigenvalue weighted by Gasteiger charge is -2.16. The van der Waals surface area contributed by atoms with Crippen LogP contribution in [0.4, 0.5) is 18.9 Å². The molecule has 1 aromatic heterocycles. The zero-order chi connectivity index (χ0) is 27.9. The van der Waals surface area contributed by atoms with Crippen molar-refractivity contribution < 1.29 is 26.7 Å². The minimum atomic E-state index is -4.66. The molecule has 0 amide bonds. The standard InChI is InChI=1S/C27H21ClF3N3O4S/c28-23-11-10-19(39(37,38)33-12-3-4-13-33)15-24(23)32-16-22-20-8-1-2-9-21(20)25(35)34(26(22)36)18-7-5-6-17(14-18)27(29,30)31/h1-2,5-11,14-16,36H,3-4,12-13H2. The summed E-state index contributed by atoms with van der Waals surface area (Å²) >= 11 is 6.30. The number of aliphatic imine (C=N–C) groups is 1. The summed E-state index contributed by atoms with van der Waals surface area (Å²) in [6, 6.07) is 14.4. The van der Waals surface area contributed by atoms with Gasteiger partial charge in [-0.2, -0.15) is 17.5 Å². The Labute approximate surface area is 226 Å². The lowest BCUT2D eigenvalue weighted by Crippen LogP contribution is -2.27. The number of benzene rings is 3. The van der Waals surface area contributed by atoms with E-state index in [-0.39, 0.29) is 32.2 Å². The first kappa shape index (κ1) is 26.9. The molecule has 0 bridgehead atoms. The van der Waals surface area contributed by atoms with E-state index >= 15 is 0 Å². The number of alkyl halides is 3. The second kappa shape index (κ2) is 10.1. The zero-order valence-corrected chi connectivity index (χ0v) is 21.8. The highest BCUT2D eigenvalue weighted by molar-refractivity contribution is 7.89. The highest BCUT2D eigenvalue weighted by Gasteiger charge is 2.31. The number of fused-ring (bicyclic) bond motifs is 1. The first-order valence-corrected chi connectivity index (χ1v) is 13.7. The Morgan fingerprint density at radius 3 is 2.33 bits per heavy atom. The van der Waals surface area contributed by atoms with Crippen LogP contribution in [0.5, 0.6) is 5.88 Å². The van der Waals surface area contributed by atoms with E-state index < -0.39 is 33.2 Å². The maximum absolute atomic E-state index is 13.3. The molecule has 5 rings (SSSR count). The second-order valence-electron chi connectivity index (χ2n) is 8.95. The fourth-order valence-electron chi connectivity index (χ4n) is 4.51. The van der Waals surface area contributed by atoms with Crippen molar-refractivity contribution in [1.82, 2.24) is 8.87 Å². The van der Waals surface area contributed by atoms with Gasteiger partial charge in [-0.25, -0.2) is 13.0 Å². The van der Waals surface area contributed by atoms with Gasteiger partial charge in [-0.3, -0.25) is 9.79 Å². The van der Waals surface area contributed by atoms with Crippen molar-refractivity contribution in [3.63, 3.8) is 0 Å². The largest absolute Gasteiger partial charge is 0.494 e. The van der Waals surface area contributed by atoms with Gasteiger partial charge in [0.05, 0.1) is 32.4 Å². The third-order valence-corrected chi connectivity index (χ3v) is 8.70. The maximum Gasteiger partial charge on any atom is 0.416 e. The number of aromatic nitrogens is 1. The predicted octanol–water partition coefficient (Wildman–Crippen LogP) is 5.90. The molecule has 1 saturated heterocycles. The highest BCUT2D eigenvalue weighted by Crippen LogP contribution is 2.34.